The van der Waals surface area contributed by atoms with Crippen molar-refractivity contribution in [2.75, 3.05) is 11.1 Å². The molecule has 0 aliphatic heterocycles. The molecule has 0 atom stereocenters. The molecule has 0 unspecified atom stereocenters. The van der Waals surface area contributed by atoms with Gasteiger partial charge in [0.05, 0.1) is 11.8 Å². The van der Waals surface area contributed by atoms with E-state index in [0.29, 0.717) is 23.7 Å². The summed E-state index contributed by atoms with van der Waals surface area (Å²) in [6.07, 6.45) is 3.26. The highest BCUT2D eigenvalue weighted by Gasteiger charge is 2.04. The second-order valence-electron chi connectivity index (χ2n) is 3.17. The fraction of sp³-hybridized carbons (Fsp3) is 0.100. The first kappa shape index (κ1) is 9.98. The summed E-state index contributed by atoms with van der Waals surface area (Å²) in [5, 5.41) is 18.3. The molecule has 4 N–H and O–H groups in total. The third-order valence-electron chi connectivity index (χ3n) is 2.13. The summed E-state index contributed by atoms with van der Waals surface area (Å²) in [5.74, 6) is 1.06. The van der Waals surface area contributed by atoms with Gasteiger partial charge in [0.1, 0.15) is 17.7 Å². The van der Waals surface area contributed by atoms with Crippen molar-refractivity contribution in [3.8, 4) is 6.07 Å². The van der Waals surface area contributed by atoms with Crippen LogP contribution in [0.4, 0.5) is 11.6 Å². The smallest absolute Gasteiger partial charge is 0.144 e. The number of nitrogens with one attached hydrogen (secondary N) is 2. The van der Waals surface area contributed by atoms with Crippen LogP contribution in [0.1, 0.15) is 11.1 Å². The first-order chi connectivity index (χ1) is 7.81. The minimum absolute atomic E-state index is 0.480. The summed E-state index contributed by atoms with van der Waals surface area (Å²) in [6, 6.07) is 5.48. The van der Waals surface area contributed by atoms with Gasteiger partial charge < -0.3 is 11.1 Å². The monoisotopic (exact) mass is 214 g/mol. The van der Waals surface area contributed by atoms with E-state index in [1.165, 1.54) is 0 Å². The molecule has 6 heteroatoms. The molecule has 2 aromatic rings. The molecular weight excluding hydrogens is 204 g/mol. The molecule has 2 heterocycles. The number of hydrogen-bond acceptors (Lipinski definition) is 5. The van der Waals surface area contributed by atoms with E-state index in [0.717, 1.165) is 5.56 Å². The molecule has 6 nitrogen and oxygen atoms in total. The molecule has 0 saturated carbocycles. The van der Waals surface area contributed by atoms with Crippen molar-refractivity contribution in [1.82, 2.24) is 15.2 Å². The first-order valence-electron chi connectivity index (χ1n) is 4.68. The maximum Gasteiger partial charge on any atom is 0.144 e. The number of nitrogens with two attached hydrogens (primary N) is 1. The molecule has 0 spiro atoms. The van der Waals surface area contributed by atoms with Crippen molar-refractivity contribution in [2.45, 2.75) is 6.54 Å². The third kappa shape index (κ3) is 1.93. The molecule has 80 valence electrons. The van der Waals surface area contributed by atoms with Crippen molar-refractivity contribution >= 4 is 11.6 Å². The Morgan fingerprint density at radius 3 is 3.12 bits per heavy atom. The number of H-pyrrole nitrogens is 1. The number of pyridine rings is 1. The lowest BCUT2D eigenvalue weighted by atomic mass is 10.2. The Morgan fingerprint density at radius 2 is 2.44 bits per heavy atom. The summed E-state index contributed by atoms with van der Waals surface area (Å²) in [4.78, 5) is 4.07. The van der Waals surface area contributed by atoms with Gasteiger partial charge in [-0.25, -0.2) is 4.98 Å². The largest absolute Gasteiger partial charge is 0.384 e. The van der Waals surface area contributed by atoms with Crippen LogP contribution in [-0.4, -0.2) is 15.2 Å². The maximum atomic E-state index is 8.86. The Hall–Kier alpha value is -2.55. The Kier molecular flexibility index (Phi) is 2.69. The Labute approximate surface area is 92.1 Å². The van der Waals surface area contributed by atoms with Crippen LogP contribution in [0.25, 0.3) is 0 Å². The van der Waals surface area contributed by atoms with E-state index >= 15 is 0 Å². The fourth-order valence-corrected chi connectivity index (χ4v) is 1.28. The van der Waals surface area contributed by atoms with Gasteiger partial charge in [0, 0.05) is 18.3 Å². The highest BCUT2D eigenvalue weighted by atomic mass is 15.1. The molecule has 0 fully saturated rings. The predicted molar refractivity (Wildman–Crippen MR) is 59.3 cm³/mol. The highest BCUT2D eigenvalue weighted by Crippen LogP contribution is 2.13. The van der Waals surface area contributed by atoms with Crippen LogP contribution in [0, 0.1) is 11.3 Å². The van der Waals surface area contributed by atoms with E-state index < -0.39 is 0 Å². The molecular formula is C10H10N6. The molecule has 0 aliphatic carbocycles. The third-order valence-corrected chi connectivity index (χ3v) is 2.13. The van der Waals surface area contributed by atoms with Crippen LogP contribution in [-0.2, 0) is 6.54 Å². The van der Waals surface area contributed by atoms with Gasteiger partial charge in [-0.3, -0.25) is 5.10 Å². The lowest BCUT2D eigenvalue weighted by molar-refractivity contribution is 1.10. The topological polar surface area (TPSA) is 103 Å². The first-order valence-corrected chi connectivity index (χ1v) is 4.68. The number of aromatic amines is 1. The zero-order valence-corrected chi connectivity index (χ0v) is 8.44. The van der Waals surface area contributed by atoms with Gasteiger partial charge in [-0.2, -0.15) is 10.4 Å². The molecule has 0 aromatic carbocycles. The van der Waals surface area contributed by atoms with E-state index in [2.05, 4.69) is 26.6 Å². The second kappa shape index (κ2) is 4.31. The predicted octanol–water partition coefficient (Wildman–Crippen LogP) is 0.871. The molecule has 0 aliphatic rings. The summed E-state index contributed by atoms with van der Waals surface area (Å²) in [7, 11) is 0. The average Bonchev–Trinajstić information content (AvgIpc) is 2.72. The van der Waals surface area contributed by atoms with Crippen LogP contribution in [0.5, 0.6) is 0 Å². The van der Waals surface area contributed by atoms with Crippen molar-refractivity contribution in [3.63, 3.8) is 0 Å². The number of anilines is 2. The fourth-order valence-electron chi connectivity index (χ4n) is 1.28. The van der Waals surface area contributed by atoms with Crippen molar-refractivity contribution in [1.29, 1.82) is 5.26 Å². The van der Waals surface area contributed by atoms with Gasteiger partial charge in [-0.1, -0.05) is 0 Å². The van der Waals surface area contributed by atoms with Gasteiger partial charge in [-0.15, -0.1) is 0 Å². The second-order valence-corrected chi connectivity index (χ2v) is 3.17. The van der Waals surface area contributed by atoms with Gasteiger partial charge in [0.15, 0.2) is 0 Å². The number of nitriles is 1. The lowest BCUT2D eigenvalue weighted by Gasteiger charge is -2.05. The standard InChI is InChI=1S/C10H10N6/c11-4-7-2-1-3-13-10(7)14-5-8-6-15-16-9(8)12/h1-3,6H,5H2,(H,13,14)(H3,12,15,16). The normalized spacial score (nSPS) is 9.69. The zero-order valence-electron chi connectivity index (χ0n) is 8.44. The van der Waals surface area contributed by atoms with E-state index in [1.807, 2.05) is 0 Å². The van der Waals surface area contributed by atoms with Crippen LogP contribution in [0.2, 0.25) is 0 Å². The Bertz CT molecular complexity index is 524. The van der Waals surface area contributed by atoms with Gasteiger partial charge in [0.25, 0.3) is 0 Å². The van der Waals surface area contributed by atoms with Crippen LogP contribution in [0.3, 0.4) is 0 Å². The Balaban J connectivity index is 2.11. The number of aromatic nitrogens is 3. The SMILES string of the molecule is N#Cc1cccnc1NCc1cn[nH]c1N. The number of hydrogen-bond donors (Lipinski definition) is 3. The minimum Gasteiger partial charge on any atom is -0.384 e. The molecule has 0 amide bonds. The molecule has 0 saturated heterocycles. The van der Waals surface area contributed by atoms with E-state index in [1.54, 1.807) is 24.5 Å². The van der Waals surface area contributed by atoms with Crippen molar-refractivity contribution in [2.24, 2.45) is 0 Å². The molecule has 2 rings (SSSR count). The molecule has 0 bridgehead atoms. The van der Waals surface area contributed by atoms with E-state index in [-0.39, 0.29) is 0 Å². The summed E-state index contributed by atoms with van der Waals surface area (Å²) >= 11 is 0. The molecule has 0 radical (unpaired) electrons. The lowest BCUT2D eigenvalue weighted by Crippen LogP contribution is -2.04. The van der Waals surface area contributed by atoms with Gasteiger partial charge >= 0.3 is 0 Å². The summed E-state index contributed by atoms with van der Waals surface area (Å²) in [5.41, 5.74) is 6.98. The molecule has 2 aromatic heterocycles. The summed E-state index contributed by atoms with van der Waals surface area (Å²) < 4.78 is 0. The minimum atomic E-state index is 0.480. The van der Waals surface area contributed by atoms with Crippen LogP contribution >= 0.6 is 0 Å². The number of rotatable bonds is 3. The van der Waals surface area contributed by atoms with Crippen LogP contribution < -0.4 is 11.1 Å². The number of nitrogen functional groups attached to an aromatic ring is 1. The molecule has 16 heavy (non-hydrogen) atoms. The van der Waals surface area contributed by atoms with Gasteiger partial charge in [0.2, 0.25) is 0 Å². The highest BCUT2D eigenvalue weighted by molar-refractivity contribution is 5.52. The van der Waals surface area contributed by atoms with E-state index in [9.17, 15) is 0 Å². The Morgan fingerprint density at radius 1 is 1.56 bits per heavy atom. The van der Waals surface area contributed by atoms with E-state index in [4.69, 9.17) is 11.0 Å². The van der Waals surface area contributed by atoms with Crippen LogP contribution in [0.15, 0.2) is 24.5 Å². The average molecular weight is 214 g/mol. The summed E-state index contributed by atoms with van der Waals surface area (Å²) in [6.45, 7) is 0.480. The van der Waals surface area contributed by atoms with Gasteiger partial charge in [-0.05, 0) is 12.1 Å². The van der Waals surface area contributed by atoms with Crippen molar-refractivity contribution in [3.05, 3.63) is 35.7 Å². The zero-order chi connectivity index (χ0) is 11.4. The van der Waals surface area contributed by atoms with Crippen molar-refractivity contribution < 1.29 is 0 Å². The quantitative estimate of drug-likeness (QED) is 0.703. The number of nitrogens with zero attached hydrogens (tertiary/aromatic N) is 3. The maximum absolute atomic E-state index is 8.86.